The Bertz CT molecular complexity index is 543. The van der Waals surface area contributed by atoms with Gasteiger partial charge in [-0.25, -0.2) is 0 Å². The lowest BCUT2D eigenvalue weighted by atomic mass is 9.88. The van der Waals surface area contributed by atoms with Crippen molar-refractivity contribution in [3.8, 4) is 16.9 Å². The van der Waals surface area contributed by atoms with Crippen molar-refractivity contribution in [2.45, 2.75) is 26.8 Å². The van der Waals surface area contributed by atoms with Crippen LogP contribution in [-0.4, -0.2) is 12.6 Å². The average molecular weight is 269 g/mol. The summed E-state index contributed by atoms with van der Waals surface area (Å²) < 4.78 is 5.95. The summed E-state index contributed by atoms with van der Waals surface area (Å²) in [5.41, 5.74) is 8.47. The average Bonchev–Trinajstić information content (AvgIpc) is 2.45. The standard InChI is InChI=1S/C18H23NO/c1-18(2,3)17(19)13-20-16-12-8-7-11-15(16)14-9-5-4-6-10-14/h4-12,17H,13,19H2,1-3H3. The highest BCUT2D eigenvalue weighted by Gasteiger charge is 2.21. The smallest absolute Gasteiger partial charge is 0.127 e. The van der Waals surface area contributed by atoms with Crippen LogP contribution in [0.15, 0.2) is 54.6 Å². The van der Waals surface area contributed by atoms with Gasteiger partial charge in [-0.15, -0.1) is 0 Å². The Morgan fingerprint density at radius 3 is 2.20 bits per heavy atom. The summed E-state index contributed by atoms with van der Waals surface area (Å²) >= 11 is 0. The fourth-order valence-electron chi connectivity index (χ4n) is 1.88. The van der Waals surface area contributed by atoms with Crippen molar-refractivity contribution in [1.82, 2.24) is 0 Å². The molecule has 0 aliphatic carbocycles. The Balaban J connectivity index is 2.17. The summed E-state index contributed by atoms with van der Waals surface area (Å²) in [7, 11) is 0. The van der Waals surface area contributed by atoms with Gasteiger partial charge in [-0.05, 0) is 17.0 Å². The maximum Gasteiger partial charge on any atom is 0.127 e. The Labute approximate surface area is 121 Å². The van der Waals surface area contributed by atoms with Gasteiger partial charge in [0.1, 0.15) is 12.4 Å². The molecule has 2 aromatic carbocycles. The predicted octanol–water partition coefficient (Wildman–Crippen LogP) is 4.11. The van der Waals surface area contributed by atoms with Crippen molar-refractivity contribution >= 4 is 0 Å². The number of benzene rings is 2. The van der Waals surface area contributed by atoms with Crippen molar-refractivity contribution in [2.75, 3.05) is 6.61 Å². The Kier molecular flexibility index (Phi) is 4.46. The van der Waals surface area contributed by atoms with E-state index < -0.39 is 0 Å². The van der Waals surface area contributed by atoms with Crippen LogP contribution in [0.2, 0.25) is 0 Å². The van der Waals surface area contributed by atoms with Crippen molar-refractivity contribution in [1.29, 1.82) is 0 Å². The summed E-state index contributed by atoms with van der Waals surface area (Å²) in [5, 5.41) is 0. The first-order valence-electron chi connectivity index (χ1n) is 7.01. The van der Waals surface area contributed by atoms with E-state index in [0.717, 1.165) is 16.9 Å². The molecule has 2 aromatic rings. The van der Waals surface area contributed by atoms with Gasteiger partial charge in [0.2, 0.25) is 0 Å². The quantitative estimate of drug-likeness (QED) is 0.906. The van der Waals surface area contributed by atoms with Gasteiger partial charge in [0.25, 0.3) is 0 Å². The molecular weight excluding hydrogens is 246 g/mol. The molecule has 0 bridgehead atoms. The summed E-state index contributed by atoms with van der Waals surface area (Å²) in [6, 6.07) is 18.4. The third-order valence-electron chi connectivity index (χ3n) is 3.50. The number of rotatable bonds is 4. The molecule has 0 amide bonds. The maximum absolute atomic E-state index is 6.16. The monoisotopic (exact) mass is 269 g/mol. The minimum atomic E-state index is 0.00586. The third kappa shape index (κ3) is 3.61. The summed E-state index contributed by atoms with van der Waals surface area (Å²) in [6.07, 6.45) is 0. The minimum absolute atomic E-state index is 0.00586. The molecule has 106 valence electrons. The Morgan fingerprint density at radius 2 is 1.55 bits per heavy atom. The van der Waals surface area contributed by atoms with Crippen molar-refractivity contribution in [3.05, 3.63) is 54.6 Å². The number of hydrogen-bond acceptors (Lipinski definition) is 2. The van der Waals surface area contributed by atoms with Gasteiger partial charge in [0.05, 0.1) is 0 Å². The van der Waals surface area contributed by atoms with Crippen LogP contribution in [0.4, 0.5) is 0 Å². The fourth-order valence-corrected chi connectivity index (χ4v) is 1.88. The molecular formula is C18H23NO. The molecule has 20 heavy (non-hydrogen) atoms. The second-order valence-electron chi connectivity index (χ2n) is 6.15. The second-order valence-corrected chi connectivity index (χ2v) is 6.15. The normalized spacial score (nSPS) is 13.0. The highest BCUT2D eigenvalue weighted by Crippen LogP contribution is 2.30. The molecule has 0 heterocycles. The molecule has 0 aliphatic heterocycles. The molecule has 0 fully saturated rings. The minimum Gasteiger partial charge on any atom is -0.491 e. The van der Waals surface area contributed by atoms with Gasteiger partial charge in [-0.1, -0.05) is 69.3 Å². The molecule has 0 aliphatic rings. The molecule has 1 unspecified atom stereocenters. The number of ether oxygens (including phenoxy) is 1. The van der Waals surface area contributed by atoms with Crippen LogP contribution >= 0.6 is 0 Å². The first-order chi connectivity index (χ1) is 9.48. The van der Waals surface area contributed by atoms with E-state index in [0.29, 0.717) is 6.61 Å². The largest absolute Gasteiger partial charge is 0.491 e. The van der Waals surface area contributed by atoms with Crippen LogP contribution < -0.4 is 10.5 Å². The number of hydrogen-bond donors (Lipinski definition) is 1. The van der Waals surface area contributed by atoms with Gasteiger partial charge < -0.3 is 10.5 Å². The SMILES string of the molecule is CC(C)(C)C(N)COc1ccccc1-c1ccccc1. The highest BCUT2D eigenvalue weighted by atomic mass is 16.5. The van der Waals surface area contributed by atoms with Crippen molar-refractivity contribution in [3.63, 3.8) is 0 Å². The zero-order valence-corrected chi connectivity index (χ0v) is 12.5. The molecule has 0 aromatic heterocycles. The molecule has 0 saturated carbocycles. The summed E-state index contributed by atoms with van der Waals surface area (Å²) in [5.74, 6) is 0.887. The lowest BCUT2D eigenvalue weighted by Gasteiger charge is -2.27. The maximum atomic E-state index is 6.16. The highest BCUT2D eigenvalue weighted by molar-refractivity contribution is 5.70. The van der Waals surface area contributed by atoms with E-state index in [1.165, 1.54) is 0 Å². The second kappa shape index (κ2) is 6.10. The molecule has 2 heteroatoms. The molecule has 0 spiro atoms. The summed E-state index contributed by atoms with van der Waals surface area (Å²) in [4.78, 5) is 0. The Hall–Kier alpha value is -1.80. The topological polar surface area (TPSA) is 35.2 Å². The predicted molar refractivity (Wildman–Crippen MR) is 84.8 cm³/mol. The zero-order valence-electron chi connectivity index (χ0n) is 12.5. The van der Waals surface area contributed by atoms with Crippen LogP contribution in [0.1, 0.15) is 20.8 Å². The van der Waals surface area contributed by atoms with Crippen LogP contribution in [-0.2, 0) is 0 Å². The van der Waals surface area contributed by atoms with Gasteiger partial charge in [0, 0.05) is 11.6 Å². The van der Waals surface area contributed by atoms with Gasteiger partial charge >= 0.3 is 0 Å². The molecule has 2 N–H and O–H groups in total. The van der Waals surface area contributed by atoms with E-state index in [-0.39, 0.29) is 11.5 Å². The van der Waals surface area contributed by atoms with Gasteiger partial charge in [-0.3, -0.25) is 0 Å². The van der Waals surface area contributed by atoms with Crippen LogP contribution in [0.25, 0.3) is 11.1 Å². The first-order valence-corrected chi connectivity index (χ1v) is 7.01. The molecule has 2 nitrogen and oxygen atoms in total. The van der Waals surface area contributed by atoms with Crippen molar-refractivity contribution in [2.24, 2.45) is 11.1 Å². The molecule has 2 rings (SSSR count). The Morgan fingerprint density at radius 1 is 0.950 bits per heavy atom. The van der Waals surface area contributed by atoms with Crippen LogP contribution in [0.3, 0.4) is 0 Å². The van der Waals surface area contributed by atoms with E-state index in [2.05, 4.69) is 39.0 Å². The third-order valence-corrected chi connectivity index (χ3v) is 3.50. The van der Waals surface area contributed by atoms with E-state index in [9.17, 15) is 0 Å². The van der Waals surface area contributed by atoms with Crippen LogP contribution in [0.5, 0.6) is 5.75 Å². The lowest BCUT2D eigenvalue weighted by Crippen LogP contribution is -2.40. The first kappa shape index (κ1) is 14.6. The van der Waals surface area contributed by atoms with E-state index >= 15 is 0 Å². The molecule has 0 radical (unpaired) electrons. The van der Waals surface area contributed by atoms with E-state index in [1.54, 1.807) is 0 Å². The fraction of sp³-hybridized carbons (Fsp3) is 0.333. The number of para-hydroxylation sites is 1. The van der Waals surface area contributed by atoms with Crippen molar-refractivity contribution < 1.29 is 4.74 Å². The van der Waals surface area contributed by atoms with Gasteiger partial charge in [0.15, 0.2) is 0 Å². The molecule has 1 atom stereocenters. The van der Waals surface area contributed by atoms with E-state index in [1.807, 2.05) is 36.4 Å². The summed E-state index contributed by atoms with van der Waals surface area (Å²) in [6.45, 7) is 6.91. The lowest BCUT2D eigenvalue weighted by molar-refractivity contribution is 0.206. The van der Waals surface area contributed by atoms with Gasteiger partial charge in [-0.2, -0.15) is 0 Å². The van der Waals surface area contributed by atoms with Crippen LogP contribution in [0, 0.1) is 5.41 Å². The number of nitrogens with two attached hydrogens (primary N) is 1. The van der Waals surface area contributed by atoms with E-state index in [4.69, 9.17) is 10.5 Å². The molecule has 0 saturated heterocycles. The zero-order chi connectivity index (χ0) is 14.6.